The van der Waals surface area contributed by atoms with Crippen LogP contribution in [0.15, 0.2) is 12.4 Å². The van der Waals surface area contributed by atoms with E-state index in [2.05, 4.69) is 34.6 Å². The van der Waals surface area contributed by atoms with E-state index in [0.29, 0.717) is 16.9 Å². The van der Waals surface area contributed by atoms with Gasteiger partial charge in [0.2, 0.25) is 0 Å². The summed E-state index contributed by atoms with van der Waals surface area (Å²) in [4.78, 5) is 20.1. The SMILES string of the molecule is CC1(C)CCCC(NC(=O)c2cnc(NN)cn2)C1. The van der Waals surface area contributed by atoms with Crippen molar-refractivity contribution in [1.29, 1.82) is 0 Å². The molecular weight excluding hydrogens is 242 g/mol. The van der Waals surface area contributed by atoms with E-state index >= 15 is 0 Å². The minimum atomic E-state index is -0.168. The topological polar surface area (TPSA) is 92.9 Å². The Kier molecular flexibility index (Phi) is 3.99. The third kappa shape index (κ3) is 3.64. The summed E-state index contributed by atoms with van der Waals surface area (Å²) in [6, 6.07) is 0.227. The van der Waals surface area contributed by atoms with E-state index in [1.165, 1.54) is 18.8 Å². The van der Waals surface area contributed by atoms with Crippen molar-refractivity contribution in [3.63, 3.8) is 0 Å². The van der Waals surface area contributed by atoms with Crippen LogP contribution in [0.25, 0.3) is 0 Å². The van der Waals surface area contributed by atoms with Crippen LogP contribution in [0.1, 0.15) is 50.0 Å². The summed E-state index contributed by atoms with van der Waals surface area (Å²) in [7, 11) is 0. The van der Waals surface area contributed by atoms with Gasteiger partial charge in [0.05, 0.1) is 12.4 Å². The summed E-state index contributed by atoms with van der Waals surface area (Å²) in [5.41, 5.74) is 3.00. The number of nitrogens with one attached hydrogen (secondary N) is 2. The van der Waals surface area contributed by atoms with Crippen molar-refractivity contribution in [3.8, 4) is 0 Å². The number of nitrogen functional groups attached to an aromatic ring is 1. The summed E-state index contributed by atoms with van der Waals surface area (Å²) in [6.45, 7) is 4.49. The molecule has 1 unspecified atom stereocenters. The summed E-state index contributed by atoms with van der Waals surface area (Å²) in [6.07, 6.45) is 7.29. The van der Waals surface area contributed by atoms with Gasteiger partial charge in [-0.25, -0.2) is 15.8 Å². The molecule has 6 heteroatoms. The van der Waals surface area contributed by atoms with Crippen molar-refractivity contribution >= 4 is 11.7 Å². The van der Waals surface area contributed by atoms with E-state index in [0.717, 1.165) is 19.3 Å². The summed E-state index contributed by atoms with van der Waals surface area (Å²) in [5, 5.41) is 3.04. The van der Waals surface area contributed by atoms with Crippen molar-refractivity contribution in [3.05, 3.63) is 18.1 Å². The Hall–Kier alpha value is -1.69. The number of nitrogens with two attached hydrogens (primary N) is 1. The predicted molar refractivity (Wildman–Crippen MR) is 73.3 cm³/mol. The van der Waals surface area contributed by atoms with Gasteiger partial charge in [-0.1, -0.05) is 20.3 Å². The van der Waals surface area contributed by atoms with Crippen LogP contribution in [0, 0.1) is 5.41 Å². The van der Waals surface area contributed by atoms with Crippen molar-refractivity contribution in [1.82, 2.24) is 15.3 Å². The third-order valence-corrected chi connectivity index (χ3v) is 3.57. The van der Waals surface area contributed by atoms with E-state index < -0.39 is 0 Å². The summed E-state index contributed by atoms with van der Waals surface area (Å²) in [5.74, 6) is 5.47. The van der Waals surface area contributed by atoms with Gasteiger partial charge in [-0.05, 0) is 24.7 Å². The highest BCUT2D eigenvalue weighted by molar-refractivity contribution is 5.92. The molecule has 19 heavy (non-hydrogen) atoms. The molecule has 0 saturated heterocycles. The number of carbonyl (C=O) groups excluding carboxylic acids is 1. The number of amides is 1. The molecule has 0 spiro atoms. The lowest BCUT2D eigenvalue weighted by molar-refractivity contribution is 0.0897. The van der Waals surface area contributed by atoms with Gasteiger partial charge in [0.25, 0.3) is 5.91 Å². The monoisotopic (exact) mass is 263 g/mol. The number of hydrogen-bond donors (Lipinski definition) is 3. The zero-order valence-corrected chi connectivity index (χ0v) is 11.4. The van der Waals surface area contributed by atoms with Gasteiger partial charge in [-0.2, -0.15) is 0 Å². The fourth-order valence-electron chi connectivity index (χ4n) is 2.60. The Morgan fingerprint density at radius 3 is 2.79 bits per heavy atom. The molecule has 1 saturated carbocycles. The highest BCUT2D eigenvalue weighted by atomic mass is 16.1. The van der Waals surface area contributed by atoms with Gasteiger partial charge in [-0.15, -0.1) is 0 Å². The summed E-state index contributed by atoms with van der Waals surface area (Å²) >= 11 is 0. The fourth-order valence-corrected chi connectivity index (χ4v) is 2.60. The van der Waals surface area contributed by atoms with Crippen molar-refractivity contribution in [2.75, 3.05) is 5.43 Å². The van der Waals surface area contributed by atoms with Crippen LogP contribution in [-0.4, -0.2) is 21.9 Å². The average Bonchev–Trinajstić information content (AvgIpc) is 2.37. The molecule has 4 N–H and O–H groups in total. The lowest BCUT2D eigenvalue weighted by Gasteiger charge is -2.35. The predicted octanol–water partition coefficient (Wildman–Crippen LogP) is 1.46. The average molecular weight is 263 g/mol. The van der Waals surface area contributed by atoms with Gasteiger partial charge in [0.15, 0.2) is 5.82 Å². The maximum absolute atomic E-state index is 12.1. The first kappa shape index (κ1) is 13.7. The van der Waals surface area contributed by atoms with E-state index in [9.17, 15) is 4.79 Å². The molecule has 1 aliphatic carbocycles. The molecule has 6 nitrogen and oxygen atoms in total. The number of anilines is 1. The number of nitrogens with zero attached hydrogens (tertiary/aromatic N) is 2. The van der Waals surface area contributed by atoms with Gasteiger partial charge in [0.1, 0.15) is 5.69 Å². The molecule has 0 bridgehead atoms. The molecule has 1 amide bonds. The fraction of sp³-hybridized carbons (Fsp3) is 0.615. The Balaban J connectivity index is 1.96. The second kappa shape index (κ2) is 5.52. The molecule has 1 fully saturated rings. The molecule has 2 rings (SSSR count). The maximum atomic E-state index is 12.1. The van der Waals surface area contributed by atoms with Crippen LogP contribution in [-0.2, 0) is 0 Å². The molecule has 1 atom stereocenters. The molecule has 0 aliphatic heterocycles. The van der Waals surface area contributed by atoms with Crippen LogP contribution >= 0.6 is 0 Å². The van der Waals surface area contributed by atoms with E-state index in [1.54, 1.807) is 0 Å². The second-order valence-electron chi connectivity index (χ2n) is 5.86. The molecule has 0 aromatic carbocycles. The maximum Gasteiger partial charge on any atom is 0.271 e. The standard InChI is InChI=1S/C13H21N5O/c1-13(2)5-3-4-9(6-13)17-12(19)10-7-16-11(18-14)8-15-10/h7-9H,3-6,14H2,1-2H3,(H,16,18)(H,17,19). The summed E-state index contributed by atoms with van der Waals surface area (Å²) < 4.78 is 0. The molecule has 1 heterocycles. The smallest absolute Gasteiger partial charge is 0.271 e. The van der Waals surface area contributed by atoms with E-state index in [4.69, 9.17) is 5.84 Å². The van der Waals surface area contributed by atoms with Crippen LogP contribution in [0.2, 0.25) is 0 Å². The van der Waals surface area contributed by atoms with Crippen molar-refractivity contribution < 1.29 is 4.79 Å². The van der Waals surface area contributed by atoms with Gasteiger partial charge in [0, 0.05) is 6.04 Å². The minimum absolute atomic E-state index is 0.168. The molecule has 0 radical (unpaired) electrons. The van der Waals surface area contributed by atoms with Gasteiger partial charge >= 0.3 is 0 Å². The normalized spacial score (nSPS) is 21.7. The molecule has 104 valence electrons. The third-order valence-electron chi connectivity index (χ3n) is 3.57. The first-order valence-corrected chi connectivity index (χ1v) is 6.60. The zero-order valence-electron chi connectivity index (χ0n) is 11.4. The molecule has 1 aromatic rings. The highest BCUT2D eigenvalue weighted by Gasteiger charge is 2.29. The quantitative estimate of drug-likeness (QED) is 0.567. The first-order chi connectivity index (χ1) is 9.00. The number of hydrazine groups is 1. The van der Waals surface area contributed by atoms with Crippen LogP contribution < -0.4 is 16.6 Å². The van der Waals surface area contributed by atoms with Crippen LogP contribution in [0.3, 0.4) is 0 Å². The lowest BCUT2D eigenvalue weighted by atomic mass is 9.75. The minimum Gasteiger partial charge on any atom is -0.348 e. The Morgan fingerprint density at radius 1 is 1.42 bits per heavy atom. The van der Waals surface area contributed by atoms with Crippen molar-refractivity contribution in [2.45, 2.75) is 45.6 Å². The highest BCUT2D eigenvalue weighted by Crippen LogP contribution is 2.35. The number of aromatic nitrogens is 2. The number of carbonyl (C=O) groups is 1. The molecular formula is C13H21N5O. The number of rotatable bonds is 3. The Morgan fingerprint density at radius 2 is 2.21 bits per heavy atom. The number of hydrogen-bond acceptors (Lipinski definition) is 5. The van der Waals surface area contributed by atoms with E-state index in [-0.39, 0.29) is 11.9 Å². The van der Waals surface area contributed by atoms with E-state index in [1.807, 2.05) is 0 Å². The largest absolute Gasteiger partial charge is 0.348 e. The second-order valence-corrected chi connectivity index (χ2v) is 5.86. The molecule has 1 aliphatic rings. The van der Waals surface area contributed by atoms with Crippen LogP contribution in [0.5, 0.6) is 0 Å². The van der Waals surface area contributed by atoms with Crippen LogP contribution in [0.4, 0.5) is 5.82 Å². The first-order valence-electron chi connectivity index (χ1n) is 6.60. The van der Waals surface area contributed by atoms with Gasteiger partial charge < -0.3 is 10.7 Å². The van der Waals surface area contributed by atoms with Gasteiger partial charge in [-0.3, -0.25) is 4.79 Å². The van der Waals surface area contributed by atoms with Crippen molar-refractivity contribution in [2.24, 2.45) is 11.3 Å². The lowest BCUT2D eigenvalue weighted by Crippen LogP contribution is -2.41. The molecule has 1 aromatic heterocycles. The Bertz CT molecular complexity index is 443. The zero-order chi connectivity index (χ0) is 13.9. The Labute approximate surface area is 113 Å².